The fraction of sp³-hybridized carbons (Fsp3) is 0.538. The van der Waals surface area contributed by atoms with E-state index < -0.39 is 10.0 Å². The van der Waals surface area contributed by atoms with Gasteiger partial charge < -0.3 is 10.6 Å². The molecule has 19 heavy (non-hydrogen) atoms. The maximum atomic E-state index is 11.2. The van der Waals surface area contributed by atoms with E-state index in [-0.39, 0.29) is 4.90 Å². The molecule has 0 aromatic heterocycles. The Balaban J connectivity index is 2.09. The number of nitrogens with zero attached hydrogens (tertiary/aromatic N) is 1. The highest BCUT2D eigenvalue weighted by atomic mass is 32.2. The third kappa shape index (κ3) is 3.46. The smallest absolute Gasteiger partial charge is 0.238 e. The van der Waals surface area contributed by atoms with Crippen LogP contribution in [0.15, 0.2) is 29.2 Å². The standard InChI is InChI=1S/C13H21N3O2S/c1-16(11-4-2-10(14)3-5-11)12-6-8-13(9-7-12)19(15,17)18/h6-11H,2-5,14H2,1H3,(H2,15,17,18). The van der Waals surface area contributed by atoms with Crippen molar-refractivity contribution in [2.45, 2.75) is 42.7 Å². The van der Waals surface area contributed by atoms with E-state index in [1.807, 2.05) is 7.05 Å². The molecule has 2 rings (SSSR count). The lowest BCUT2D eigenvalue weighted by Gasteiger charge is -2.35. The molecular formula is C13H21N3O2S. The molecule has 0 heterocycles. The Labute approximate surface area is 114 Å². The van der Waals surface area contributed by atoms with Crippen LogP contribution in [0, 0.1) is 0 Å². The van der Waals surface area contributed by atoms with Gasteiger partial charge in [0.2, 0.25) is 10.0 Å². The van der Waals surface area contributed by atoms with Gasteiger partial charge in [-0.1, -0.05) is 0 Å². The van der Waals surface area contributed by atoms with Crippen LogP contribution in [-0.2, 0) is 10.0 Å². The lowest BCUT2D eigenvalue weighted by atomic mass is 9.91. The quantitative estimate of drug-likeness (QED) is 0.867. The van der Waals surface area contributed by atoms with Gasteiger partial charge in [0.05, 0.1) is 4.90 Å². The summed E-state index contributed by atoms with van der Waals surface area (Å²) in [6.45, 7) is 0. The minimum absolute atomic E-state index is 0.148. The molecule has 0 amide bonds. The summed E-state index contributed by atoms with van der Waals surface area (Å²) < 4.78 is 22.4. The average molecular weight is 283 g/mol. The molecule has 6 heteroatoms. The van der Waals surface area contributed by atoms with Crippen LogP contribution in [0.5, 0.6) is 0 Å². The van der Waals surface area contributed by atoms with Crippen LogP contribution in [0.3, 0.4) is 0 Å². The molecule has 0 bridgehead atoms. The zero-order chi connectivity index (χ0) is 14.0. The summed E-state index contributed by atoms with van der Waals surface area (Å²) in [6.07, 6.45) is 4.25. The van der Waals surface area contributed by atoms with Crippen LogP contribution in [0.1, 0.15) is 25.7 Å². The lowest BCUT2D eigenvalue weighted by Crippen LogP contribution is -2.38. The van der Waals surface area contributed by atoms with E-state index in [2.05, 4.69) is 4.90 Å². The molecule has 1 aliphatic carbocycles. The highest BCUT2D eigenvalue weighted by Crippen LogP contribution is 2.26. The molecule has 0 saturated heterocycles. The molecule has 0 atom stereocenters. The molecule has 0 aliphatic heterocycles. The van der Waals surface area contributed by atoms with Crippen molar-refractivity contribution in [3.05, 3.63) is 24.3 Å². The van der Waals surface area contributed by atoms with E-state index in [4.69, 9.17) is 10.9 Å². The van der Waals surface area contributed by atoms with Crippen molar-refractivity contribution < 1.29 is 8.42 Å². The summed E-state index contributed by atoms with van der Waals surface area (Å²) in [5.41, 5.74) is 6.91. The predicted molar refractivity (Wildman–Crippen MR) is 76.4 cm³/mol. The second kappa shape index (κ2) is 5.48. The van der Waals surface area contributed by atoms with Crippen molar-refractivity contribution in [3.8, 4) is 0 Å². The van der Waals surface area contributed by atoms with Crippen LogP contribution < -0.4 is 15.8 Å². The first-order valence-electron chi connectivity index (χ1n) is 6.49. The lowest BCUT2D eigenvalue weighted by molar-refractivity contribution is 0.385. The summed E-state index contributed by atoms with van der Waals surface area (Å²) in [4.78, 5) is 2.34. The number of rotatable bonds is 3. The Kier molecular flexibility index (Phi) is 4.13. The molecule has 0 radical (unpaired) electrons. The first-order valence-corrected chi connectivity index (χ1v) is 8.04. The topological polar surface area (TPSA) is 89.4 Å². The van der Waals surface area contributed by atoms with Gasteiger partial charge in [0.1, 0.15) is 0 Å². The van der Waals surface area contributed by atoms with Crippen molar-refractivity contribution in [2.24, 2.45) is 10.9 Å². The van der Waals surface area contributed by atoms with Crippen molar-refractivity contribution in [1.82, 2.24) is 0 Å². The average Bonchev–Trinajstić information content (AvgIpc) is 2.38. The van der Waals surface area contributed by atoms with E-state index in [1.165, 1.54) is 0 Å². The second-order valence-electron chi connectivity index (χ2n) is 5.22. The van der Waals surface area contributed by atoms with Gasteiger partial charge in [-0.15, -0.1) is 0 Å². The van der Waals surface area contributed by atoms with Gasteiger partial charge in [-0.2, -0.15) is 0 Å². The zero-order valence-corrected chi connectivity index (χ0v) is 11.9. The predicted octanol–water partition coefficient (Wildman–Crippen LogP) is 1.04. The molecular weight excluding hydrogens is 262 g/mol. The van der Waals surface area contributed by atoms with Crippen LogP contribution in [0.2, 0.25) is 0 Å². The Morgan fingerprint density at radius 1 is 1.11 bits per heavy atom. The normalized spacial score (nSPS) is 24.2. The fourth-order valence-corrected chi connectivity index (χ4v) is 3.09. The number of benzene rings is 1. The van der Waals surface area contributed by atoms with Crippen molar-refractivity contribution in [1.29, 1.82) is 0 Å². The molecule has 0 spiro atoms. The van der Waals surface area contributed by atoms with Gasteiger partial charge in [-0.3, -0.25) is 0 Å². The Bertz CT molecular complexity index is 519. The second-order valence-corrected chi connectivity index (χ2v) is 6.78. The number of hydrogen-bond acceptors (Lipinski definition) is 4. The number of sulfonamides is 1. The van der Waals surface area contributed by atoms with Gasteiger partial charge in [0, 0.05) is 24.8 Å². The highest BCUT2D eigenvalue weighted by Gasteiger charge is 2.22. The summed E-state index contributed by atoms with van der Waals surface area (Å²) >= 11 is 0. The molecule has 1 fully saturated rings. The number of anilines is 1. The molecule has 1 aliphatic rings. The summed E-state index contributed by atoms with van der Waals surface area (Å²) in [6, 6.07) is 7.50. The maximum Gasteiger partial charge on any atom is 0.238 e. The minimum atomic E-state index is -3.61. The Morgan fingerprint density at radius 2 is 1.63 bits per heavy atom. The molecule has 0 unspecified atom stereocenters. The monoisotopic (exact) mass is 283 g/mol. The van der Waals surface area contributed by atoms with E-state index >= 15 is 0 Å². The molecule has 106 valence electrons. The molecule has 1 aromatic rings. The van der Waals surface area contributed by atoms with Crippen LogP contribution in [0.4, 0.5) is 5.69 Å². The fourth-order valence-electron chi connectivity index (χ4n) is 2.57. The van der Waals surface area contributed by atoms with Crippen molar-refractivity contribution in [3.63, 3.8) is 0 Å². The van der Waals surface area contributed by atoms with Gasteiger partial charge >= 0.3 is 0 Å². The van der Waals surface area contributed by atoms with E-state index in [9.17, 15) is 8.42 Å². The van der Waals surface area contributed by atoms with Gasteiger partial charge in [0.25, 0.3) is 0 Å². The number of primary sulfonamides is 1. The first-order chi connectivity index (χ1) is 8.88. The molecule has 5 nitrogen and oxygen atoms in total. The third-order valence-electron chi connectivity index (χ3n) is 3.86. The van der Waals surface area contributed by atoms with Crippen molar-refractivity contribution >= 4 is 15.7 Å². The SMILES string of the molecule is CN(c1ccc(S(N)(=O)=O)cc1)C1CCC(N)CC1. The maximum absolute atomic E-state index is 11.2. The van der Waals surface area contributed by atoms with Crippen LogP contribution in [-0.4, -0.2) is 27.5 Å². The molecule has 1 saturated carbocycles. The van der Waals surface area contributed by atoms with E-state index in [0.717, 1.165) is 31.4 Å². The van der Waals surface area contributed by atoms with E-state index in [1.54, 1.807) is 24.3 Å². The van der Waals surface area contributed by atoms with Gasteiger partial charge in [0.15, 0.2) is 0 Å². The molecule has 1 aromatic carbocycles. The van der Waals surface area contributed by atoms with Gasteiger partial charge in [-0.25, -0.2) is 13.6 Å². The van der Waals surface area contributed by atoms with Crippen molar-refractivity contribution in [2.75, 3.05) is 11.9 Å². The summed E-state index contributed by atoms with van der Waals surface area (Å²) in [7, 11) is -1.58. The highest BCUT2D eigenvalue weighted by molar-refractivity contribution is 7.89. The molecule has 4 N–H and O–H groups in total. The first kappa shape index (κ1) is 14.3. The Hall–Kier alpha value is -1.11. The largest absolute Gasteiger partial charge is 0.372 e. The summed E-state index contributed by atoms with van der Waals surface area (Å²) in [5.74, 6) is 0. The zero-order valence-electron chi connectivity index (χ0n) is 11.1. The Morgan fingerprint density at radius 3 is 2.11 bits per heavy atom. The van der Waals surface area contributed by atoms with E-state index in [0.29, 0.717) is 12.1 Å². The van der Waals surface area contributed by atoms with Gasteiger partial charge in [-0.05, 0) is 49.9 Å². The van der Waals surface area contributed by atoms with Crippen LogP contribution >= 0.6 is 0 Å². The number of nitrogens with two attached hydrogens (primary N) is 2. The third-order valence-corrected chi connectivity index (χ3v) is 4.79. The minimum Gasteiger partial charge on any atom is -0.372 e. The summed E-state index contributed by atoms with van der Waals surface area (Å²) in [5, 5.41) is 5.09. The van der Waals surface area contributed by atoms with Crippen LogP contribution in [0.25, 0.3) is 0 Å². The number of hydrogen-bond donors (Lipinski definition) is 2.